The summed E-state index contributed by atoms with van der Waals surface area (Å²) in [6, 6.07) is 5.27. The van der Waals surface area contributed by atoms with Gasteiger partial charge in [0.1, 0.15) is 12.4 Å². The van der Waals surface area contributed by atoms with Crippen LogP contribution in [0, 0.1) is 17.2 Å². The van der Waals surface area contributed by atoms with E-state index in [0.717, 1.165) is 12.8 Å². The molecule has 0 aromatic carbocycles. The highest BCUT2D eigenvalue weighted by Gasteiger charge is 2.26. The van der Waals surface area contributed by atoms with E-state index in [1.807, 2.05) is 6.07 Å². The van der Waals surface area contributed by atoms with Gasteiger partial charge < -0.3 is 10.0 Å². The summed E-state index contributed by atoms with van der Waals surface area (Å²) in [4.78, 5) is 16.7. The van der Waals surface area contributed by atoms with Crippen molar-refractivity contribution >= 4 is 11.8 Å². The van der Waals surface area contributed by atoms with E-state index in [9.17, 15) is 4.79 Å². The number of anilines is 1. The second-order valence-electron chi connectivity index (χ2n) is 4.23. The molecule has 0 spiro atoms. The van der Waals surface area contributed by atoms with Gasteiger partial charge in [0.25, 0.3) is 0 Å². The number of hydrogen-bond acceptors (Lipinski definition) is 4. The SMILES string of the molecule is N#Cc1ccnc(N(CC(=O)O)CC2CC2)c1. The Morgan fingerprint density at radius 2 is 2.41 bits per heavy atom. The molecule has 1 aliphatic rings. The van der Waals surface area contributed by atoms with Crippen LogP contribution in [-0.2, 0) is 4.79 Å². The van der Waals surface area contributed by atoms with Gasteiger partial charge in [-0.05, 0) is 30.9 Å². The minimum absolute atomic E-state index is 0.0710. The van der Waals surface area contributed by atoms with Crippen LogP contribution < -0.4 is 4.90 Å². The smallest absolute Gasteiger partial charge is 0.323 e. The Morgan fingerprint density at radius 3 is 3.00 bits per heavy atom. The van der Waals surface area contributed by atoms with Crippen molar-refractivity contribution in [1.29, 1.82) is 5.26 Å². The molecule has 5 heteroatoms. The maximum atomic E-state index is 10.8. The van der Waals surface area contributed by atoms with Gasteiger partial charge in [-0.1, -0.05) is 0 Å². The minimum atomic E-state index is -0.880. The number of aliphatic carboxylic acids is 1. The zero-order valence-electron chi connectivity index (χ0n) is 9.33. The fourth-order valence-corrected chi connectivity index (χ4v) is 1.68. The van der Waals surface area contributed by atoms with E-state index < -0.39 is 5.97 Å². The van der Waals surface area contributed by atoms with Crippen LogP contribution >= 0.6 is 0 Å². The van der Waals surface area contributed by atoms with Crippen molar-refractivity contribution in [3.05, 3.63) is 23.9 Å². The van der Waals surface area contributed by atoms with E-state index in [2.05, 4.69) is 4.98 Å². The fraction of sp³-hybridized carbons (Fsp3) is 0.417. The molecule has 88 valence electrons. The summed E-state index contributed by atoms with van der Waals surface area (Å²) in [5.74, 6) is 0.259. The predicted octanol–water partition coefficient (Wildman–Crippen LogP) is 1.25. The molecule has 1 fully saturated rings. The van der Waals surface area contributed by atoms with Gasteiger partial charge in [-0.2, -0.15) is 5.26 Å². The Balaban J connectivity index is 2.17. The lowest BCUT2D eigenvalue weighted by atomic mass is 10.2. The van der Waals surface area contributed by atoms with E-state index in [-0.39, 0.29) is 6.54 Å². The van der Waals surface area contributed by atoms with E-state index in [4.69, 9.17) is 10.4 Å². The van der Waals surface area contributed by atoms with Crippen molar-refractivity contribution < 1.29 is 9.90 Å². The molecule has 17 heavy (non-hydrogen) atoms. The number of pyridine rings is 1. The summed E-state index contributed by atoms with van der Waals surface area (Å²) in [5.41, 5.74) is 0.501. The number of carboxylic acids is 1. The van der Waals surface area contributed by atoms with Gasteiger partial charge in [0.2, 0.25) is 0 Å². The molecule has 1 aromatic heterocycles. The number of carboxylic acid groups (broad SMARTS) is 1. The van der Waals surface area contributed by atoms with Crippen molar-refractivity contribution in [1.82, 2.24) is 4.98 Å². The number of aromatic nitrogens is 1. The monoisotopic (exact) mass is 231 g/mol. The maximum Gasteiger partial charge on any atom is 0.323 e. The number of carbonyl (C=O) groups is 1. The second kappa shape index (κ2) is 4.83. The first-order valence-electron chi connectivity index (χ1n) is 5.52. The highest BCUT2D eigenvalue weighted by molar-refractivity contribution is 5.73. The first-order valence-corrected chi connectivity index (χ1v) is 5.52. The van der Waals surface area contributed by atoms with Gasteiger partial charge in [-0.25, -0.2) is 4.98 Å². The van der Waals surface area contributed by atoms with Gasteiger partial charge >= 0.3 is 5.97 Å². The molecule has 0 amide bonds. The van der Waals surface area contributed by atoms with Crippen LogP contribution in [0.1, 0.15) is 18.4 Å². The average molecular weight is 231 g/mol. The van der Waals surface area contributed by atoms with Crippen molar-refractivity contribution in [3.8, 4) is 6.07 Å². The third-order valence-electron chi connectivity index (χ3n) is 2.70. The number of nitriles is 1. The van der Waals surface area contributed by atoms with Gasteiger partial charge in [0, 0.05) is 12.7 Å². The number of nitrogens with zero attached hydrogens (tertiary/aromatic N) is 3. The molecule has 1 aliphatic carbocycles. The lowest BCUT2D eigenvalue weighted by Gasteiger charge is -2.21. The normalized spacial score (nSPS) is 14.1. The summed E-state index contributed by atoms with van der Waals surface area (Å²) in [6.45, 7) is 0.632. The molecule has 5 nitrogen and oxygen atoms in total. The molecular formula is C12H13N3O2. The Labute approximate surface area is 99.3 Å². The van der Waals surface area contributed by atoms with Crippen LogP contribution in [0.15, 0.2) is 18.3 Å². The molecule has 0 aliphatic heterocycles. The van der Waals surface area contributed by atoms with Crippen LogP contribution in [0.3, 0.4) is 0 Å². The lowest BCUT2D eigenvalue weighted by molar-refractivity contribution is -0.135. The van der Waals surface area contributed by atoms with Gasteiger partial charge in [0.05, 0.1) is 11.6 Å². The number of rotatable bonds is 5. The van der Waals surface area contributed by atoms with Gasteiger partial charge in [-0.3, -0.25) is 4.79 Å². The van der Waals surface area contributed by atoms with E-state index >= 15 is 0 Å². The third kappa shape index (κ3) is 3.18. The zero-order chi connectivity index (χ0) is 12.3. The summed E-state index contributed by atoms with van der Waals surface area (Å²) >= 11 is 0. The molecule has 0 unspecified atom stereocenters. The predicted molar refractivity (Wildman–Crippen MR) is 61.5 cm³/mol. The molecule has 1 aromatic rings. The van der Waals surface area contributed by atoms with Crippen molar-refractivity contribution in [2.24, 2.45) is 5.92 Å². The third-order valence-corrected chi connectivity index (χ3v) is 2.70. The Hall–Kier alpha value is -2.09. The summed E-state index contributed by atoms with van der Waals surface area (Å²) in [5, 5.41) is 17.7. The number of hydrogen-bond donors (Lipinski definition) is 1. The van der Waals surface area contributed by atoms with Crippen molar-refractivity contribution in [2.75, 3.05) is 18.0 Å². The first kappa shape index (κ1) is 11.4. The Kier molecular flexibility index (Phi) is 3.24. The molecule has 1 heterocycles. The van der Waals surface area contributed by atoms with Crippen LogP contribution in [0.4, 0.5) is 5.82 Å². The molecule has 0 bridgehead atoms. The zero-order valence-corrected chi connectivity index (χ0v) is 9.33. The van der Waals surface area contributed by atoms with E-state index in [0.29, 0.717) is 23.8 Å². The lowest BCUT2D eigenvalue weighted by Crippen LogP contribution is -2.32. The van der Waals surface area contributed by atoms with E-state index in [1.165, 1.54) is 6.20 Å². The largest absolute Gasteiger partial charge is 0.480 e. The molecule has 1 N–H and O–H groups in total. The first-order chi connectivity index (χ1) is 8.19. The topological polar surface area (TPSA) is 77.2 Å². The van der Waals surface area contributed by atoms with E-state index in [1.54, 1.807) is 17.0 Å². The molecular weight excluding hydrogens is 218 g/mol. The highest BCUT2D eigenvalue weighted by Crippen LogP contribution is 2.31. The second-order valence-corrected chi connectivity index (χ2v) is 4.23. The van der Waals surface area contributed by atoms with Crippen LogP contribution in [0.25, 0.3) is 0 Å². The quantitative estimate of drug-likeness (QED) is 0.825. The molecule has 0 radical (unpaired) electrons. The van der Waals surface area contributed by atoms with Crippen LogP contribution in [0.5, 0.6) is 0 Å². The molecule has 2 rings (SSSR count). The minimum Gasteiger partial charge on any atom is -0.480 e. The standard InChI is InChI=1S/C12H13N3O2/c13-6-10-3-4-14-11(5-10)15(8-12(16)17)7-9-1-2-9/h3-5,9H,1-2,7-8H2,(H,16,17). The Bertz CT molecular complexity index is 463. The summed E-state index contributed by atoms with van der Waals surface area (Å²) in [6.07, 6.45) is 3.83. The maximum absolute atomic E-state index is 10.8. The Morgan fingerprint density at radius 1 is 1.65 bits per heavy atom. The molecule has 1 saturated carbocycles. The van der Waals surface area contributed by atoms with Crippen LogP contribution in [-0.4, -0.2) is 29.1 Å². The van der Waals surface area contributed by atoms with Crippen molar-refractivity contribution in [3.63, 3.8) is 0 Å². The molecule has 0 saturated heterocycles. The summed E-state index contributed by atoms with van der Waals surface area (Å²) in [7, 11) is 0. The van der Waals surface area contributed by atoms with Crippen molar-refractivity contribution in [2.45, 2.75) is 12.8 Å². The van der Waals surface area contributed by atoms with Gasteiger partial charge in [0.15, 0.2) is 0 Å². The highest BCUT2D eigenvalue weighted by atomic mass is 16.4. The average Bonchev–Trinajstić information content (AvgIpc) is 3.12. The molecule has 0 atom stereocenters. The fourth-order valence-electron chi connectivity index (χ4n) is 1.68. The van der Waals surface area contributed by atoms with Gasteiger partial charge in [-0.15, -0.1) is 0 Å². The van der Waals surface area contributed by atoms with Crippen LogP contribution in [0.2, 0.25) is 0 Å². The summed E-state index contributed by atoms with van der Waals surface area (Å²) < 4.78 is 0.